The summed E-state index contributed by atoms with van der Waals surface area (Å²) < 4.78 is 1.97. The smallest absolute Gasteiger partial charge is 0.242 e. The van der Waals surface area contributed by atoms with Crippen molar-refractivity contribution in [2.75, 3.05) is 32.4 Å². The van der Waals surface area contributed by atoms with Crippen LogP contribution in [0.25, 0.3) is 11.4 Å². The Balaban J connectivity index is 1.99. The Morgan fingerprint density at radius 2 is 1.74 bits per heavy atom. The molecule has 2 amide bonds. The predicted octanol–water partition coefficient (Wildman–Crippen LogP) is 1.78. The van der Waals surface area contributed by atoms with E-state index in [0.29, 0.717) is 24.8 Å². The van der Waals surface area contributed by atoms with E-state index in [1.807, 2.05) is 37.5 Å². The zero-order valence-corrected chi connectivity index (χ0v) is 17.1. The lowest BCUT2D eigenvalue weighted by Gasteiger charge is -2.23. The summed E-state index contributed by atoms with van der Waals surface area (Å²) in [7, 11) is 1.65. The highest BCUT2D eigenvalue weighted by Gasteiger charge is 2.19. The van der Waals surface area contributed by atoms with Crippen LogP contribution in [0.15, 0.2) is 29.7 Å². The van der Waals surface area contributed by atoms with E-state index >= 15 is 0 Å². The van der Waals surface area contributed by atoms with Gasteiger partial charge in [0.05, 0.1) is 12.3 Å². The van der Waals surface area contributed by atoms with Crippen molar-refractivity contribution in [2.24, 2.45) is 0 Å². The van der Waals surface area contributed by atoms with E-state index in [4.69, 9.17) is 0 Å². The third-order valence-electron chi connectivity index (χ3n) is 4.21. The van der Waals surface area contributed by atoms with Crippen LogP contribution in [-0.4, -0.2) is 73.8 Å². The molecule has 2 rings (SSSR count). The van der Waals surface area contributed by atoms with Gasteiger partial charge in [-0.15, -0.1) is 10.2 Å². The van der Waals surface area contributed by atoms with E-state index in [0.717, 1.165) is 11.4 Å². The second kappa shape index (κ2) is 10.1. The second-order valence-electron chi connectivity index (χ2n) is 5.89. The Morgan fingerprint density at radius 3 is 2.33 bits per heavy atom. The second-order valence-corrected chi connectivity index (χ2v) is 6.83. The zero-order valence-electron chi connectivity index (χ0n) is 16.3. The Bertz CT molecular complexity index is 760. The summed E-state index contributed by atoms with van der Waals surface area (Å²) >= 11 is 1.33. The van der Waals surface area contributed by atoms with Crippen LogP contribution in [0.4, 0.5) is 0 Å². The summed E-state index contributed by atoms with van der Waals surface area (Å²) in [6.45, 7) is 7.93. The number of hydrogen-bond acceptors (Lipinski definition) is 6. The molecule has 2 aromatic heterocycles. The van der Waals surface area contributed by atoms with E-state index in [2.05, 4.69) is 15.2 Å². The monoisotopic (exact) mass is 390 g/mol. The summed E-state index contributed by atoms with van der Waals surface area (Å²) in [4.78, 5) is 31.7. The van der Waals surface area contributed by atoms with Crippen LogP contribution in [0, 0.1) is 0 Å². The van der Waals surface area contributed by atoms with E-state index < -0.39 is 0 Å². The first-order chi connectivity index (χ1) is 13.0. The van der Waals surface area contributed by atoms with Crippen molar-refractivity contribution in [3.05, 3.63) is 24.5 Å². The van der Waals surface area contributed by atoms with Gasteiger partial charge in [-0.3, -0.25) is 14.6 Å². The van der Waals surface area contributed by atoms with Crippen molar-refractivity contribution in [3.8, 4) is 11.4 Å². The molecule has 0 aliphatic rings. The van der Waals surface area contributed by atoms with Crippen molar-refractivity contribution in [1.82, 2.24) is 29.5 Å². The van der Waals surface area contributed by atoms with E-state index in [1.165, 1.54) is 16.7 Å². The minimum atomic E-state index is -0.114. The lowest BCUT2D eigenvalue weighted by molar-refractivity contribution is -0.137. The van der Waals surface area contributed by atoms with Crippen LogP contribution in [0.1, 0.15) is 20.8 Å². The molecule has 0 radical (unpaired) electrons. The molecule has 9 heteroatoms. The number of carbonyl (C=O) groups is 2. The molecule has 0 saturated heterocycles. The number of hydrogen-bond donors (Lipinski definition) is 0. The minimum absolute atomic E-state index is 0.0439. The highest BCUT2D eigenvalue weighted by Crippen LogP contribution is 2.23. The maximum atomic E-state index is 12.4. The molecule has 0 bridgehead atoms. The van der Waals surface area contributed by atoms with Crippen molar-refractivity contribution >= 4 is 23.6 Å². The first-order valence-corrected chi connectivity index (χ1v) is 9.98. The largest absolute Gasteiger partial charge is 0.342 e. The number of thioether (sulfide) groups is 1. The molecule has 27 heavy (non-hydrogen) atoms. The Kier molecular flexibility index (Phi) is 7.78. The summed E-state index contributed by atoms with van der Waals surface area (Å²) in [6, 6.07) is 3.75. The molecule has 0 atom stereocenters. The number of carbonyl (C=O) groups excluding carboxylic acids is 2. The first kappa shape index (κ1) is 20.9. The molecule has 0 aromatic carbocycles. The molecule has 0 N–H and O–H groups in total. The molecule has 8 nitrogen and oxygen atoms in total. The number of aromatic nitrogens is 4. The normalized spacial score (nSPS) is 10.7. The zero-order chi connectivity index (χ0) is 19.8. The topological polar surface area (TPSA) is 84.2 Å². The number of nitrogens with zero attached hydrogens (tertiary/aromatic N) is 6. The van der Waals surface area contributed by atoms with Gasteiger partial charge >= 0.3 is 0 Å². The lowest BCUT2D eigenvalue weighted by Crippen LogP contribution is -2.41. The van der Waals surface area contributed by atoms with E-state index in [1.54, 1.807) is 24.3 Å². The third-order valence-corrected chi connectivity index (χ3v) is 5.16. The standard InChI is InChI=1S/C18H26N6O2S/c1-5-23(6-2)15(25)12-22(4)16(26)13-27-18-21-20-17(24(18)7-3)14-8-10-19-11-9-14/h8-11H,5-7,12-13H2,1-4H3. The first-order valence-electron chi connectivity index (χ1n) is 8.99. The van der Waals surface area contributed by atoms with Crippen LogP contribution < -0.4 is 0 Å². The summed E-state index contributed by atoms with van der Waals surface area (Å²) in [6.07, 6.45) is 3.42. The van der Waals surface area contributed by atoms with Crippen LogP contribution in [0.3, 0.4) is 0 Å². The highest BCUT2D eigenvalue weighted by atomic mass is 32.2. The maximum absolute atomic E-state index is 12.4. The summed E-state index contributed by atoms with van der Waals surface area (Å²) in [5, 5.41) is 9.15. The van der Waals surface area contributed by atoms with Gasteiger partial charge in [-0.2, -0.15) is 0 Å². The van der Waals surface area contributed by atoms with E-state index in [-0.39, 0.29) is 24.1 Å². The van der Waals surface area contributed by atoms with Gasteiger partial charge in [0.25, 0.3) is 0 Å². The summed E-state index contributed by atoms with van der Waals surface area (Å²) in [5.41, 5.74) is 0.930. The van der Waals surface area contributed by atoms with Gasteiger partial charge in [0, 0.05) is 44.6 Å². The van der Waals surface area contributed by atoms with Crippen LogP contribution in [0.5, 0.6) is 0 Å². The van der Waals surface area contributed by atoms with Gasteiger partial charge in [-0.25, -0.2) is 0 Å². The average Bonchev–Trinajstić information content (AvgIpc) is 3.10. The van der Waals surface area contributed by atoms with Crippen LogP contribution >= 0.6 is 11.8 Å². The lowest BCUT2D eigenvalue weighted by atomic mass is 10.2. The molecule has 2 heterocycles. The number of likely N-dealkylation sites (N-methyl/N-ethyl adjacent to an activating group) is 2. The molecule has 0 spiro atoms. The van der Waals surface area contributed by atoms with E-state index in [9.17, 15) is 9.59 Å². The fourth-order valence-corrected chi connectivity index (χ4v) is 3.54. The van der Waals surface area contributed by atoms with Crippen molar-refractivity contribution < 1.29 is 9.59 Å². The van der Waals surface area contributed by atoms with Gasteiger partial charge in [0.1, 0.15) is 0 Å². The predicted molar refractivity (Wildman–Crippen MR) is 105 cm³/mol. The number of amides is 2. The van der Waals surface area contributed by atoms with Gasteiger partial charge in [-0.1, -0.05) is 11.8 Å². The molecule has 0 unspecified atom stereocenters. The van der Waals surface area contributed by atoms with Gasteiger partial charge < -0.3 is 14.4 Å². The minimum Gasteiger partial charge on any atom is -0.342 e. The quantitative estimate of drug-likeness (QED) is 0.607. The molecule has 0 aliphatic carbocycles. The van der Waals surface area contributed by atoms with Crippen molar-refractivity contribution in [2.45, 2.75) is 32.5 Å². The fraction of sp³-hybridized carbons (Fsp3) is 0.500. The molecule has 0 saturated carbocycles. The Hall–Kier alpha value is -2.42. The number of rotatable bonds is 9. The van der Waals surface area contributed by atoms with Crippen molar-refractivity contribution in [3.63, 3.8) is 0 Å². The third kappa shape index (κ3) is 5.29. The molecular weight excluding hydrogens is 364 g/mol. The fourth-order valence-electron chi connectivity index (χ4n) is 2.60. The van der Waals surface area contributed by atoms with Crippen LogP contribution in [0.2, 0.25) is 0 Å². The maximum Gasteiger partial charge on any atom is 0.242 e. The van der Waals surface area contributed by atoms with Gasteiger partial charge in [0.2, 0.25) is 11.8 Å². The molecule has 146 valence electrons. The Morgan fingerprint density at radius 1 is 1.07 bits per heavy atom. The summed E-state index contributed by atoms with van der Waals surface area (Å²) in [5.74, 6) is 0.797. The van der Waals surface area contributed by atoms with Crippen LogP contribution in [-0.2, 0) is 16.1 Å². The molecular formula is C18H26N6O2S. The van der Waals surface area contributed by atoms with Gasteiger partial charge in [-0.05, 0) is 32.9 Å². The molecule has 0 fully saturated rings. The highest BCUT2D eigenvalue weighted by molar-refractivity contribution is 7.99. The number of pyridine rings is 1. The SMILES string of the molecule is CCN(CC)C(=O)CN(C)C(=O)CSc1nnc(-c2ccncc2)n1CC. The average molecular weight is 391 g/mol. The molecule has 0 aliphatic heterocycles. The Labute approximate surface area is 164 Å². The van der Waals surface area contributed by atoms with Gasteiger partial charge in [0.15, 0.2) is 11.0 Å². The molecule has 2 aromatic rings. The van der Waals surface area contributed by atoms with Crippen molar-refractivity contribution in [1.29, 1.82) is 0 Å².